The van der Waals surface area contributed by atoms with Gasteiger partial charge >= 0.3 is 0 Å². The molecular formula is C19H26N4O3. The van der Waals surface area contributed by atoms with Crippen molar-refractivity contribution >= 4 is 28.5 Å². The van der Waals surface area contributed by atoms with Gasteiger partial charge in [-0.25, -0.2) is 4.98 Å². The maximum Gasteiger partial charge on any atom is 0.249 e. The molecule has 1 aliphatic heterocycles. The van der Waals surface area contributed by atoms with E-state index in [4.69, 9.17) is 4.74 Å². The van der Waals surface area contributed by atoms with E-state index >= 15 is 0 Å². The number of aromatic nitrogens is 2. The molecule has 2 amide bonds. The van der Waals surface area contributed by atoms with Crippen LogP contribution in [0.5, 0.6) is 0 Å². The smallest absolute Gasteiger partial charge is 0.249 e. The zero-order valence-electron chi connectivity index (χ0n) is 15.5. The number of rotatable bonds is 6. The van der Waals surface area contributed by atoms with Gasteiger partial charge in [0.1, 0.15) is 11.9 Å². The van der Waals surface area contributed by atoms with Gasteiger partial charge in [-0.05, 0) is 31.0 Å². The third-order valence-electron chi connectivity index (χ3n) is 4.64. The van der Waals surface area contributed by atoms with Crippen molar-refractivity contribution in [3.63, 3.8) is 0 Å². The maximum atomic E-state index is 12.0. The molecule has 7 heteroatoms. The molecule has 2 N–H and O–H groups in total. The van der Waals surface area contributed by atoms with Crippen LogP contribution in [0, 0.1) is 5.92 Å². The number of nitrogens with one attached hydrogen (secondary N) is 2. The molecule has 140 valence electrons. The van der Waals surface area contributed by atoms with Gasteiger partial charge in [-0.1, -0.05) is 13.8 Å². The lowest BCUT2D eigenvalue weighted by molar-refractivity contribution is -0.130. The van der Waals surface area contributed by atoms with Crippen molar-refractivity contribution in [2.24, 2.45) is 13.0 Å². The van der Waals surface area contributed by atoms with Gasteiger partial charge in [0.2, 0.25) is 11.8 Å². The largest absolute Gasteiger partial charge is 0.368 e. The quantitative estimate of drug-likeness (QED) is 0.827. The third kappa shape index (κ3) is 4.04. The number of fused-ring (bicyclic) bond motifs is 1. The number of hydrogen-bond acceptors (Lipinski definition) is 4. The van der Waals surface area contributed by atoms with Gasteiger partial charge < -0.3 is 19.9 Å². The highest BCUT2D eigenvalue weighted by Crippen LogP contribution is 2.20. The number of aryl methyl sites for hydroxylation is 1. The van der Waals surface area contributed by atoms with Crippen LogP contribution in [0.1, 0.15) is 32.5 Å². The SMILES string of the molecule is CC(C)C(=O)Nc1ccc2c(c1)nc(CCNC(=O)[C@H]1CCCO1)n2C. The lowest BCUT2D eigenvalue weighted by Crippen LogP contribution is -2.35. The fourth-order valence-electron chi connectivity index (χ4n) is 3.03. The van der Waals surface area contributed by atoms with E-state index in [1.807, 2.05) is 43.7 Å². The second-order valence-corrected chi connectivity index (χ2v) is 6.98. The average Bonchev–Trinajstić information content (AvgIpc) is 3.24. The molecule has 1 aliphatic rings. The molecule has 0 aliphatic carbocycles. The third-order valence-corrected chi connectivity index (χ3v) is 4.64. The maximum absolute atomic E-state index is 12.0. The molecule has 0 radical (unpaired) electrons. The molecule has 2 aromatic rings. The van der Waals surface area contributed by atoms with Gasteiger partial charge in [0, 0.05) is 38.2 Å². The predicted octanol–water partition coefficient (Wildman–Crippen LogP) is 2.01. The molecule has 1 fully saturated rings. The van der Waals surface area contributed by atoms with Crippen LogP contribution in [0.25, 0.3) is 11.0 Å². The van der Waals surface area contributed by atoms with Crippen LogP contribution in [-0.4, -0.2) is 40.6 Å². The van der Waals surface area contributed by atoms with Crippen molar-refractivity contribution in [3.05, 3.63) is 24.0 Å². The zero-order chi connectivity index (χ0) is 18.7. The van der Waals surface area contributed by atoms with Crippen molar-refractivity contribution in [3.8, 4) is 0 Å². The van der Waals surface area contributed by atoms with E-state index in [-0.39, 0.29) is 23.8 Å². The Morgan fingerprint density at radius 2 is 2.19 bits per heavy atom. The van der Waals surface area contributed by atoms with Crippen LogP contribution in [0.2, 0.25) is 0 Å². The second kappa shape index (κ2) is 7.86. The van der Waals surface area contributed by atoms with Gasteiger partial charge in [-0.15, -0.1) is 0 Å². The summed E-state index contributed by atoms with van der Waals surface area (Å²) in [4.78, 5) is 28.5. The van der Waals surface area contributed by atoms with E-state index in [1.54, 1.807) is 0 Å². The zero-order valence-corrected chi connectivity index (χ0v) is 15.5. The van der Waals surface area contributed by atoms with Gasteiger partial charge in [0.15, 0.2) is 0 Å². The Labute approximate surface area is 153 Å². The van der Waals surface area contributed by atoms with Gasteiger partial charge in [0.05, 0.1) is 11.0 Å². The highest BCUT2D eigenvalue weighted by Gasteiger charge is 2.23. The molecular weight excluding hydrogens is 332 g/mol. The topological polar surface area (TPSA) is 85.2 Å². The predicted molar refractivity (Wildman–Crippen MR) is 99.9 cm³/mol. The Hall–Kier alpha value is -2.41. The molecule has 7 nitrogen and oxygen atoms in total. The molecule has 1 aromatic carbocycles. The van der Waals surface area contributed by atoms with E-state index in [0.29, 0.717) is 19.6 Å². The van der Waals surface area contributed by atoms with Crippen molar-refractivity contribution in [2.45, 2.75) is 39.2 Å². The molecule has 0 spiro atoms. The minimum Gasteiger partial charge on any atom is -0.368 e. The summed E-state index contributed by atoms with van der Waals surface area (Å²) in [5.41, 5.74) is 2.56. The summed E-state index contributed by atoms with van der Waals surface area (Å²) in [6.45, 7) is 4.90. The number of carbonyl (C=O) groups is 2. The fourth-order valence-corrected chi connectivity index (χ4v) is 3.03. The Kier molecular flexibility index (Phi) is 5.56. The number of amides is 2. The molecule has 3 rings (SSSR count). The van der Waals surface area contributed by atoms with Crippen LogP contribution >= 0.6 is 0 Å². The summed E-state index contributed by atoms with van der Waals surface area (Å²) >= 11 is 0. The molecule has 1 atom stereocenters. The molecule has 26 heavy (non-hydrogen) atoms. The van der Waals surface area contributed by atoms with Gasteiger partial charge in [0.25, 0.3) is 0 Å². The summed E-state index contributed by atoms with van der Waals surface area (Å²) in [5, 5.41) is 5.81. The van der Waals surface area contributed by atoms with Crippen LogP contribution in [0.4, 0.5) is 5.69 Å². The molecule has 1 aromatic heterocycles. The number of benzene rings is 1. The van der Waals surface area contributed by atoms with Crippen LogP contribution in [-0.2, 0) is 27.8 Å². The monoisotopic (exact) mass is 358 g/mol. The van der Waals surface area contributed by atoms with Crippen molar-refractivity contribution in [2.75, 3.05) is 18.5 Å². The summed E-state index contributed by atoms with van der Waals surface area (Å²) in [5.74, 6) is 0.759. The minimum atomic E-state index is -0.303. The van der Waals surface area contributed by atoms with Crippen LogP contribution in [0.3, 0.4) is 0 Å². The molecule has 1 saturated heterocycles. The Balaban J connectivity index is 1.64. The number of ether oxygens (including phenoxy) is 1. The Morgan fingerprint density at radius 3 is 2.88 bits per heavy atom. The average molecular weight is 358 g/mol. The first-order valence-corrected chi connectivity index (χ1v) is 9.11. The summed E-state index contributed by atoms with van der Waals surface area (Å²) in [6.07, 6.45) is 2.07. The number of nitrogens with zero attached hydrogens (tertiary/aromatic N) is 2. The van der Waals surface area contributed by atoms with Gasteiger partial charge in [-0.3, -0.25) is 9.59 Å². The highest BCUT2D eigenvalue weighted by atomic mass is 16.5. The molecule has 0 unspecified atom stereocenters. The number of anilines is 1. The van der Waals surface area contributed by atoms with Crippen LogP contribution < -0.4 is 10.6 Å². The van der Waals surface area contributed by atoms with Crippen molar-refractivity contribution in [1.82, 2.24) is 14.9 Å². The molecule has 0 bridgehead atoms. The number of carbonyl (C=O) groups excluding carboxylic acids is 2. The first kappa shape index (κ1) is 18.4. The number of imidazole rings is 1. The second-order valence-electron chi connectivity index (χ2n) is 6.98. The summed E-state index contributed by atoms with van der Waals surface area (Å²) < 4.78 is 7.40. The van der Waals surface area contributed by atoms with E-state index < -0.39 is 0 Å². The standard InChI is InChI=1S/C19H26N4O3/c1-12(2)18(24)21-13-6-7-15-14(11-13)22-17(23(15)3)8-9-20-19(25)16-5-4-10-26-16/h6-7,11-12,16H,4-5,8-10H2,1-3H3,(H,20,25)(H,21,24)/t16-/m1/s1. The first-order chi connectivity index (χ1) is 12.5. The van der Waals surface area contributed by atoms with Crippen LogP contribution in [0.15, 0.2) is 18.2 Å². The summed E-state index contributed by atoms with van der Waals surface area (Å²) in [6, 6.07) is 5.71. The normalized spacial score (nSPS) is 17.0. The summed E-state index contributed by atoms with van der Waals surface area (Å²) in [7, 11) is 1.96. The molecule has 2 heterocycles. The first-order valence-electron chi connectivity index (χ1n) is 9.11. The molecule has 0 saturated carbocycles. The highest BCUT2D eigenvalue weighted by molar-refractivity contribution is 5.94. The minimum absolute atomic E-state index is 0.0163. The van der Waals surface area contributed by atoms with Gasteiger partial charge in [-0.2, -0.15) is 0 Å². The van der Waals surface area contributed by atoms with E-state index in [0.717, 1.165) is 35.4 Å². The Morgan fingerprint density at radius 1 is 1.38 bits per heavy atom. The van der Waals surface area contributed by atoms with E-state index in [1.165, 1.54) is 0 Å². The lowest BCUT2D eigenvalue weighted by Gasteiger charge is -2.10. The van der Waals surface area contributed by atoms with E-state index in [9.17, 15) is 9.59 Å². The van der Waals surface area contributed by atoms with Crippen molar-refractivity contribution in [1.29, 1.82) is 0 Å². The number of hydrogen-bond donors (Lipinski definition) is 2. The van der Waals surface area contributed by atoms with E-state index in [2.05, 4.69) is 15.6 Å². The Bertz CT molecular complexity index is 806. The lowest BCUT2D eigenvalue weighted by atomic mass is 10.2. The fraction of sp³-hybridized carbons (Fsp3) is 0.526. The van der Waals surface area contributed by atoms with Crippen molar-refractivity contribution < 1.29 is 14.3 Å².